The van der Waals surface area contributed by atoms with Crippen LogP contribution in [0.15, 0.2) is 24.3 Å². The highest BCUT2D eigenvalue weighted by Crippen LogP contribution is 2.12. The normalized spacial score (nSPS) is 13.3. The standard InChI is InChI=1S/C13H21NO3S/c1-11(9-14)10-18(15,16)8-7-12-3-5-13(17-2)6-4-12/h3-6,11H,7-10,14H2,1-2H3. The van der Waals surface area contributed by atoms with Gasteiger partial charge in [-0.05, 0) is 36.6 Å². The van der Waals surface area contributed by atoms with Gasteiger partial charge < -0.3 is 10.5 Å². The van der Waals surface area contributed by atoms with Gasteiger partial charge in [-0.15, -0.1) is 0 Å². The lowest BCUT2D eigenvalue weighted by molar-refractivity contribution is 0.414. The van der Waals surface area contributed by atoms with Gasteiger partial charge in [-0.1, -0.05) is 19.1 Å². The predicted octanol–water partition coefficient (Wildman–Crippen LogP) is 1.25. The van der Waals surface area contributed by atoms with Gasteiger partial charge in [0.15, 0.2) is 9.84 Å². The lowest BCUT2D eigenvalue weighted by Gasteiger charge is -2.09. The van der Waals surface area contributed by atoms with Crippen molar-refractivity contribution >= 4 is 9.84 Å². The van der Waals surface area contributed by atoms with Gasteiger partial charge in [0.25, 0.3) is 0 Å². The molecule has 1 aromatic carbocycles. The first kappa shape index (κ1) is 15.0. The summed E-state index contributed by atoms with van der Waals surface area (Å²) in [5.74, 6) is 1.13. The summed E-state index contributed by atoms with van der Waals surface area (Å²) in [7, 11) is -1.41. The summed E-state index contributed by atoms with van der Waals surface area (Å²) in [5.41, 5.74) is 6.44. The Balaban J connectivity index is 2.53. The molecule has 1 rings (SSSR count). The summed E-state index contributed by atoms with van der Waals surface area (Å²) < 4.78 is 28.7. The molecule has 0 bridgehead atoms. The summed E-state index contributed by atoms with van der Waals surface area (Å²) in [6.45, 7) is 2.26. The highest BCUT2D eigenvalue weighted by atomic mass is 32.2. The maximum atomic E-state index is 11.8. The van der Waals surface area contributed by atoms with Crippen molar-refractivity contribution in [3.63, 3.8) is 0 Å². The lowest BCUT2D eigenvalue weighted by Crippen LogP contribution is -2.23. The Bertz CT molecular complexity index is 454. The van der Waals surface area contributed by atoms with Crippen LogP contribution in [0.5, 0.6) is 5.75 Å². The van der Waals surface area contributed by atoms with Gasteiger partial charge >= 0.3 is 0 Å². The van der Waals surface area contributed by atoms with Crippen LogP contribution in [0.3, 0.4) is 0 Å². The van der Waals surface area contributed by atoms with E-state index >= 15 is 0 Å². The van der Waals surface area contributed by atoms with E-state index < -0.39 is 9.84 Å². The van der Waals surface area contributed by atoms with Crippen molar-refractivity contribution in [2.24, 2.45) is 11.7 Å². The van der Waals surface area contributed by atoms with Crippen LogP contribution in [0.2, 0.25) is 0 Å². The van der Waals surface area contributed by atoms with Crippen LogP contribution in [0.1, 0.15) is 12.5 Å². The minimum absolute atomic E-state index is 0.0193. The van der Waals surface area contributed by atoms with Crippen LogP contribution >= 0.6 is 0 Å². The Morgan fingerprint density at radius 3 is 2.39 bits per heavy atom. The van der Waals surface area contributed by atoms with Gasteiger partial charge in [0, 0.05) is 0 Å². The Hall–Kier alpha value is -1.07. The maximum Gasteiger partial charge on any atom is 0.150 e. The van der Waals surface area contributed by atoms with Crippen molar-refractivity contribution in [2.75, 3.05) is 25.2 Å². The molecule has 0 aliphatic carbocycles. The Morgan fingerprint density at radius 2 is 1.89 bits per heavy atom. The van der Waals surface area contributed by atoms with Gasteiger partial charge in [0.2, 0.25) is 0 Å². The second-order valence-corrected chi connectivity index (χ2v) is 6.78. The summed E-state index contributed by atoms with van der Waals surface area (Å²) in [6, 6.07) is 7.45. The summed E-state index contributed by atoms with van der Waals surface area (Å²) in [5, 5.41) is 0. The number of hydrogen-bond donors (Lipinski definition) is 1. The second-order valence-electron chi connectivity index (χ2n) is 4.55. The molecule has 0 heterocycles. The number of methoxy groups -OCH3 is 1. The Labute approximate surface area is 109 Å². The van der Waals surface area contributed by atoms with Gasteiger partial charge in [0.1, 0.15) is 5.75 Å². The number of nitrogens with two attached hydrogens (primary N) is 1. The molecule has 1 aromatic rings. The average Bonchev–Trinajstić information content (AvgIpc) is 2.36. The fourth-order valence-corrected chi connectivity index (χ4v) is 3.37. The number of benzene rings is 1. The Kier molecular flexibility index (Phi) is 5.62. The lowest BCUT2D eigenvalue weighted by atomic mass is 10.2. The minimum atomic E-state index is -3.02. The van der Waals surface area contributed by atoms with Gasteiger partial charge in [0.05, 0.1) is 18.6 Å². The van der Waals surface area contributed by atoms with Crippen LogP contribution in [-0.2, 0) is 16.3 Å². The smallest absolute Gasteiger partial charge is 0.150 e. The van der Waals surface area contributed by atoms with Crippen molar-refractivity contribution in [1.82, 2.24) is 0 Å². The van der Waals surface area contributed by atoms with Crippen LogP contribution in [0.25, 0.3) is 0 Å². The van der Waals surface area contributed by atoms with Crippen LogP contribution in [-0.4, -0.2) is 33.6 Å². The third-order valence-corrected chi connectivity index (χ3v) is 4.70. The molecule has 0 radical (unpaired) electrons. The quantitative estimate of drug-likeness (QED) is 0.810. The minimum Gasteiger partial charge on any atom is -0.497 e. The zero-order valence-electron chi connectivity index (χ0n) is 10.9. The van der Waals surface area contributed by atoms with Crippen LogP contribution in [0.4, 0.5) is 0 Å². The largest absolute Gasteiger partial charge is 0.497 e. The molecule has 0 spiro atoms. The average molecular weight is 271 g/mol. The first-order chi connectivity index (χ1) is 8.46. The molecule has 0 aliphatic heterocycles. The molecular weight excluding hydrogens is 250 g/mol. The van der Waals surface area contributed by atoms with Crippen LogP contribution in [0, 0.1) is 5.92 Å². The molecule has 0 saturated heterocycles. The van der Waals surface area contributed by atoms with E-state index in [2.05, 4.69) is 0 Å². The topological polar surface area (TPSA) is 69.4 Å². The molecule has 18 heavy (non-hydrogen) atoms. The van der Waals surface area contributed by atoms with E-state index in [1.807, 2.05) is 31.2 Å². The van der Waals surface area contributed by atoms with E-state index in [-0.39, 0.29) is 17.4 Å². The molecule has 0 aromatic heterocycles. The molecule has 0 amide bonds. The Morgan fingerprint density at radius 1 is 1.28 bits per heavy atom. The number of aryl methyl sites for hydroxylation is 1. The molecule has 0 aliphatic rings. The number of rotatable bonds is 7. The maximum absolute atomic E-state index is 11.8. The fourth-order valence-electron chi connectivity index (χ4n) is 1.65. The van der Waals surface area contributed by atoms with Crippen LogP contribution < -0.4 is 10.5 Å². The van der Waals surface area contributed by atoms with Crippen molar-refractivity contribution in [3.05, 3.63) is 29.8 Å². The van der Waals surface area contributed by atoms with E-state index in [1.165, 1.54) is 0 Å². The van der Waals surface area contributed by atoms with E-state index in [9.17, 15) is 8.42 Å². The highest BCUT2D eigenvalue weighted by molar-refractivity contribution is 7.91. The van der Waals surface area contributed by atoms with Crippen molar-refractivity contribution in [3.8, 4) is 5.75 Å². The first-order valence-corrected chi connectivity index (χ1v) is 7.82. The zero-order chi connectivity index (χ0) is 13.6. The van der Waals surface area contributed by atoms with Crippen molar-refractivity contribution in [1.29, 1.82) is 0 Å². The molecule has 0 saturated carbocycles. The second kappa shape index (κ2) is 6.75. The predicted molar refractivity (Wildman–Crippen MR) is 73.6 cm³/mol. The molecule has 1 atom stereocenters. The molecule has 5 heteroatoms. The molecule has 4 nitrogen and oxygen atoms in total. The summed E-state index contributed by atoms with van der Waals surface area (Å²) >= 11 is 0. The number of ether oxygens (including phenoxy) is 1. The molecule has 102 valence electrons. The molecule has 0 fully saturated rings. The van der Waals surface area contributed by atoms with Gasteiger partial charge in [-0.3, -0.25) is 0 Å². The fraction of sp³-hybridized carbons (Fsp3) is 0.538. The van der Waals surface area contributed by atoms with E-state index in [1.54, 1.807) is 7.11 Å². The summed E-state index contributed by atoms with van der Waals surface area (Å²) in [4.78, 5) is 0. The monoisotopic (exact) mass is 271 g/mol. The number of sulfone groups is 1. The molecule has 2 N–H and O–H groups in total. The molecular formula is C13H21NO3S. The highest BCUT2D eigenvalue weighted by Gasteiger charge is 2.14. The zero-order valence-corrected chi connectivity index (χ0v) is 11.7. The third kappa shape index (κ3) is 5.06. The first-order valence-electron chi connectivity index (χ1n) is 6.00. The third-order valence-electron chi connectivity index (χ3n) is 2.80. The van der Waals surface area contributed by atoms with Crippen molar-refractivity contribution in [2.45, 2.75) is 13.3 Å². The summed E-state index contributed by atoms with van der Waals surface area (Å²) in [6.07, 6.45) is 0.531. The van der Waals surface area contributed by atoms with Gasteiger partial charge in [-0.25, -0.2) is 8.42 Å². The van der Waals surface area contributed by atoms with E-state index in [0.29, 0.717) is 13.0 Å². The SMILES string of the molecule is COc1ccc(CCS(=O)(=O)CC(C)CN)cc1. The van der Waals surface area contributed by atoms with E-state index in [4.69, 9.17) is 10.5 Å². The van der Waals surface area contributed by atoms with E-state index in [0.717, 1.165) is 11.3 Å². The molecule has 1 unspecified atom stereocenters. The van der Waals surface area contributed by atoms with Crippen molar-refractivity contribution < 1.29 is 13.2 Å². The van der Waals surface area contributed by atoms with Gasteiger partial charge in [-0.2, -0.15) is 0 Å². The number of hydrogen-bond acceptors (Lipinski definition) is 4.